The zero-order valence-electron chi connectivity index (χ0n) is 7.88. The molecule has 80 valence electrons. The number of hydrogen-bond donors (Lipinski definition) is 1. The van der Waals surface area contributed by atoms with Crippen LogP contribution in [0.15, 0.2) is 16.6 Å². The van der Waals surface area contributed by atoms with E-state index in [2.05, 4.69) is 15.9 Å². The van der Waals surface area contributed by atoms with Crippen LogP contribution in [0, 0.1) is 5.82 Å². The van der Waals surface area contributed by atoms with Crippen LogP contribution in [0.2, 0.25) is 0 Å². The van der Waals surface area contributed by atoms with Gasteiger partial charge in [-0.15, -0.1) is 0 Å². The summed E-state index contributed by atoms with van der Waals surface area (Å²) in [4.78, 5) is 21.6. The van der Waals surface area contributed by atoms with Crippen LogP contribution in [0.4, 0.5) is 4.39 Å². The highest BCUT2D eigenvalue weighted by Crippen LogP contribution is 2.22. The van der Waals surface area contributed by atoms with Crippen LogP contribution in [0.3, 0.4) is 0 Å². The summed E-state index contributed by atoms with van der Waals surface area (Å²) in [5.74, 6) is -3.04. The number of carbonyl (C=O) groups is 2. The Kier molecular flexibility index (Phi) is 3.57. The average Bonchev–Trinajstić information content (AvgIpc) is 2.20. The lowest BCUT2D eigenvalue weighted by atomic mass is 10.1. The Labute approximate surface area is 94.0 Å². The number of ketones is 1. The number of halogens is 2. The molecule has 3 nitrogen and oxygen atoms in total. The molecule has 0 aromatic heterocycles. The Bertz CT molecular complexity index is 429. The molecule has 0 unspecified atom stereocenters. The summed E-state index contributed by atoms with van der Waals surface area (Å²) in [7, 11) is 0. The molecule has 0 spiro atoms. The summed E-state index contributed by atoms with van der Waals surface area (Å²) in [5.41, 5.74) is 0.293. The van der Waals surface area contributed by atoms with Crippen molar-refractivity contribution in [2.75, 3.05) is 0 Å². The van der Waals surface area contributed by atoms with Crippen LogP contribution >= 0.6 is 15.9 Å². The lowest BCUT2D eigenvalue weighted by molar-refractivity contribution is -0.131. The van der Waals surface area contributed by atoms with Gasteiger partial charge in [0.25, 0.3) is 5.78 Å². The minimum Gasteiger partial charge on any atom is -0.475 e. The van der Waals surface area contributed by atoms with Gasteiger partial charge in [0.15, 0.2) is 0 Å². The number of aryl methyl sites for hydroxylation is 1. The number of aliphatic carboxylic acids is 1. The van der Waals surface area contributed by atoms with Gasteiger partial charge in [0.1, 0.15) is 5.82 Å². The Morgan fingerprint density at radius 1 is 1.47 bits per heavy atom. The van der Waals surface area contributed by atoms with E-state index in [9.17, 15) is 14.0 Å². The second kappa shape index (κ2) is 4.53. The summed E-state index contributed by atoms with van der Waals surface area (Å²) >= 11 is 2.93. The number of carbonyl (C=O) groups excluding carboxylic acids is 1. The van der Waals surface area contributed by atoms with E-state index in [0.29, 0.717) is 12.0 Å². The smallest absolute Gasteiger partial charge is 0.377 e. The molecule has 0 fully saturated rings. The number of rotatable bonds is 3. The largest absolute Gasteiger partial charge is 0.475 e. The third kappa shape index (κ3) is 2.41. The molecule has 0 saturated carbocycles. The highest BCUT2D eigenvalue weighted by atomic mass is 79.9. The predicted octanol–water partition coefficient (Wildman–Crippen LogP) is 2.42. The molecule has 0 atom stereocenters. The average molecular weight is 275 g/mol. The van der Waals surface area contributed by atoms with Crippen molar-refractivity contribution in [1.82, 2.24) is 0 Å². The molecule has 0 saturated heterocycles. The van der Waals surface area contributed by atoms with E-state index in [1.807, 2.05) is 0 Å². The van der Waals surface area contributed by atoms with Crippen molar-refractivity contribution in [3.63, 3.8) is 0 Å². The summed E-state index contributed by atoms with van der Waals surface area (Å²) in [5, 5.41) is 8.50. The van der Waals surface area contributed by atoms with Crippen molar-refractivity contribution in [1.29, 1.82) is 0 Å². The predicted molar refractivity (Wildman–Crippen MR) is 55.4 cm³/mol. The van der Waals surface area contributed by atoms with E-state index in [0.717, 1.165) is 0 Å². The second-order valence-electron chi connectivity index (χ2n) is 2.92. The minimum absolute atomic E-state index is 0.0207. The lowest BCUT2D eigenvalue weighted by Gasteiger charge is -2.04. The van der Waals surface area contributed by atoms with Gasteiger partial charge < -0.3 is 5.11 Å². The lowest BCUT2D eigenvalue weighted by Crippen LogP contribution is -2.13. The van der Waals surface area contributed by atoms with E-state index in [4.69, 9.17) is 5.11 Å². The van der Waals surface area contributed by atoms with Gasteiger partial charge in [-0.05, 0) is 40.0 Å². The van der Waals surface area contributed by atoms with Crippen LogP contribution in [-0.4, -0.2) is 16.9 Å². The third-order valence-corrected chi connectivity index (χ3v) is 2.52. The Morgan fingerprint density at radius 2 is 2.07 bits per heavy atom. The third-order valence-electron chi connectivity index (χ3n) is 1.94. The number of hydrogen-bond acceptors (Lipinski definition) is 2. The van der Waals surface area contributed by atoms with Crippen molar-refractivity contribution >= 4 is 27.7 Å². The molecule has 0 aliphatic carbocycles. The van der Waals surface area contributed by atoms with Crippen LogP contribution in [-0.2, 0) is 11.2 Å². The maximum Gasteiger partial charge on any atom is 0.377 e. The first-order valence-electron chi connectivity index (χ1n) is 4.23. The fourth-order valence-electron chi connectivity index (χ4n) is 1.16. The molecule has 1 rings (SSSR count). The zero-order chi connectivity index (χ0) is 11.6. The monoisotopic (exact) mass is 274 g/mol. The second-order valence-corrected chi connectivity index (χ2v) is 3.77. The normalized spacial score (nSPS) is 10.1. The van der Waals surface area contributed by atoms with E-state index >= 15 is 0 Å². The Morgan fingerprint density at radius 3 is 2.53 bits per heavy atom. The molecule has 0 radical (unpaired) electrons. The van der Waals surface area contributed by atoms with E-state index in [1.54, 1.807) is 6.92 Å². The van der Waals surface area contributed by atoms with E-state index in [1.165, 1.54) is 12.1 Å². The van der Waals surface area contributed by atoms with Crippen LogP contribution in [0.5, 0.6) is 0 Å². The molecule has 15 heavy (non-hydrogen) atoms. The molecule has 1 N–H and O–H groups in total. The van der Waals surface area contributed by atoms with Crippen molar-refractivity contribution in [3.8, 4) is 0 Å². The number of carboxylic acid groups (broad SMARTS) is 1. The van der Waals surface area contributed by atoms with Crippen molar-refractivity contribution < 1.29 is 19.1 Å². The Hall–Kier alpha value is -1.23. The standard InChI is InChI=1S/C10H8BrFO3/c1-2-5-3-6(9(13)10(14)15)4-7(11)8(5)12/h3-4H,2H2,1H3,(H,14,15). The van der Waals surface area contributed by atoms with Gasteiger partial charge in [0, 0.05) is 5.56 Å². The molecule has 0 aliphatic rings. The number of benzene rings is 1. The molecule has 1 aromatic carbocycles. The van der Waals surface area contributed by atoms with Gasteiger partial charge in [-0.2, -0.15) is 0 Å². The number of Topliss-reactive ketones (excluding diaryl/α,β-unsaturated/α-hetero) is 1. The minimum atomic E-state index is -1.55. The van der Waals surface area contributed by atoms with Gasteiger partial charge in [0.05, 0.1) is 4.47 Å². The van der Waals surface area contributed by atoms with E-state index < -0.39 is 17.6 Å². The summed E-state index contributed by atoms with van der Waals surface area (Å²) in [6.45, 7) is 1.72. The van der Waals surface area contributed by atoms with Crippen LogP contribution in [0.25, 0.3) is 0 Å². The van der Waals surface area contributed by atoms with Crippen LogP contribution in [0.1, 0.15) is 22.8 Å². The highest BCUT2D eigenvalue weighted by Gasteiger charge is 2.17. The molecule has 1 aromatic rings. The molecule has 5 heteroatoms. The van der Waals surface area contributed by atoms with Crippen molar-refractivity contribution in [2.24, 2.45) is 0 Å². The summed E-state index contributed by atoms with van der Waals surface area (Å²) in [6, 6.07) is 2.43. The first kappa shape index (κ1) is 11.8. The van der Waals surface area contributed by atoms with Crippen molar-refractivity contribution in [3.05, 3.63) is 33.5 Å². The van der Waals surface area contributed by atoms with Crippen LogP contribution < -0.4 is 0 Å². The molecular weight excluding hydrogens is 267 g/mol. The SMILES string of the molecule is CCc1cc(C(=O)C(=O)O)cc(Br)c1F. The fraction of sp³-hybridized carbons (Fsp3) is 0.200. The zero-order valence-corrected chi connectivity index (χ0v) is 9.47. The maximum atomic E-state index is 13.3. The quantitative estimate of drug-likeness (QED) is 0.680. The fourth-order valence-corrected chi connectivity index (χ4v) is 1.66. The molecule has 0 aliphatic heterocycles. The molecular formula is C10H8BrFO3. The molecule has 0 heterocycles. The first-order valence-corrected chi connectivity index (χ1v) is 5.02. The molecule has 0 bridgehead atoms. The highest BCUT2D eigenvalue weighted by molar-refractivity contribution is 9.10. The van der Waals surface area contributed by atoms with Gasteiger partial charge in [-0.25, -0.2) is 9.18 Å². The van der Waals surface area contributed by atoms with Gasteiger partial charge in [-0.1, -0.05) is 6.92 Å². The van der Waals surface area contributed by atoms with E-state index in [-0.39, 0.29) is 10.0 Å². The van der Waals surface area contributed by atoms with Gasteiger partial charge >= 0.3 is 5.97 Å². The molecule has 0 amide bonds. The summed E-state index contributed by atoms with van der Waals surface area (Å²) in [6.07, 6.45) is 0.394. The number of carboxylic acids is 1. The summed E-state index contributed by atoms with van der Waals surface area (Å²) < 4.78 is 13.4. The van der Waals surface area contributed by atoms with Gasteiger partial charge in [-0.3, -0.25) is 4.79 Å². The van der Waals surface area contributed by atoms with Crippen molar-refractivity contribution in [2.45, 2.75) is 13.3 Å². The Balaban J connectivity index is 3.28. The first-order chi connectivity index (χ1) is 6.97. The maximum absolute atomic E-state index is 13.3. The topological polar surface area (TPSA) is 54.4 Å². The van der Waals surface area contributed by atoms with Gasteiger partial charge in [0.2, 0.25) is 0 Å².